The van der Waals surface area contributed by atoms with Gasteiger partial charge < -0.3 is 14.8 Å². The average Bonchev–Trinajstić information content (AvgIpc) is 2.54. The van der Waals surface area contributed by atoms with Gasteiger partial charge in [-0.1, -0.05) is 0 Å². The zero-order valence-corrected chi connectivity index (χ0v) is 11.6. The summed E-state index contributed by atoms with van der Waals surface area (Å²) in [7, 11) is 2.33. The zero-order valence-electron chi connectivity index (χ0n) is 11.6. The predicted molar refractivity (Wildman–Crippen MR) is 71.8 cm³/mol. The highest BCUT2D eigenvalue weighted by molar-refractivity contribution is 5.98. The van der Waals surface area contributed by atoms with Crippen molar-refractivity contribution in [3.8, 4) is 24.0 Å². The largest absolute Gasteiger partial charge is 0.494 e. The molecule has 0 bridgehead atoms. The van der Waals surface area contributed by atoms with Gasteiger partial charge in [0.25, 0.3) is 0 Å². The molecular formula is C14H9FN4O3. The van der Waals surface area contributed by atoms with Crippen LogP contribution < -0.4 is 10.1 Å². The lowest BCUT2D eigenvalue weighted by Gasteiger charge is -2.14. The summed E-state index contributed by atoms with van der Waals surface area (Å²) in [5.74, 6) is -1.73. The first-order valence-corrected chi connectivity index (χ1v) is 5.69. The molecule has 0 aliphatic carbocycles. The normalized spacial score (nSPS) is 8.73. The fourth-order valence-corrected chi connectivity index (χ4v) is 1.55. The molecule has 1 aromatic carbocycles. The van der Waals surface area contributed by atoms with Crippen molar-refractivity contribution in [3.63, 3.8) is 0 Å². The number of methoxy groups -OCH3 is 2. The monoisotopic (exact) mass is 300 g/mol. The van der Waals surface area contributed by atoms with Gasteiger partial charge in [-0.15, -0.1) is 0 Å². The molecule has 0 spiro atoms. The number of nitriles is 3. The highest BCUT2D eigenvalue weighted by Crippen LogP contribution is 2.32. The van der Waals surface area contributed by atoms with Gasteiger partial charge in [0, 0.05) is 6.07 Å². The number of hydrogen-bond acceptors (Lipinski definition) is 7. The van der Waals surface area contributed by atoms with Gasteiger partial charge in [-0.2, -0.15) is 15.8 Å². The molecule has 0 aliphatic heterocycles. The van der Waals surface area contributed by atoms with Crippen LogP contribution in [0.3, 0.4) is 0 Å². The first-order valence-electron chi connectivity index (χ1n) is 5.69. The maximum atomic E-state index is 13.5. The van der Waals surface area contributed by atoms with E-state index in [1.807, 2.05) is 0 Å². The van der Waals surface area contributed by atoms with Gasteiger partial charge in [-0.3, -0.25) is 0 Å². The molecule has 110 valence electrons. The van der Waals surface area contributed by atoms with E-state index < -0.39 is 23.1 Å². The van der Waals surface area contributed by atoms with Gasteiger partial charge in [0.15, 0.2) is 5.57 Å². The van der Waals surface area contributed by atoms with E-state index in [2.05, 4.69) is 10.1 Å². The number of hydrogen-bond donors (Lipinski definition) is 1. The summed E-state index contributed by atoms with van der Waals surface area (Å²) in [6.07, 6.45) is 0. The summed E-state index contributed by atoms with van der Waals surface area (Å²) in [6, 6.07) is 6.55. The van der Waals surface area contributed by atoms with Gasteiger partial charge in [-0.05, 0) is 6.07 Å². The van der Waals surface area contributed by atoms with Crippen LogP contribution in [0.2, 0.25) is 0 Å². The van der Waals surface area contributed by atoms with Crippen molar-refractivity contribution < 1.29 is 18.7 Å². The Morgan fingerprint density at radius 3 is 2.27 bits per heavy atom. The minimum Gasteiger partial charge on any atom is -0.494 e. The molecule has 0 unspecified atom stereocenters. The fraction of sp³-hybridized carbons (Fsp3) is 0.143. The minimum absolute atomic E-state index is 0.0877. The Morgan fingerprint density at radius 2 is 1.82 bits per heavy atom. The third-order valence-electron chi connectivity index (χ3n) is 2.53. The number of anilines is 1. The molecule has 1 rings (SSSR count). The van der Waals surface area contributed by atoms with Crippen LogP contribution in [0, 0.1) is 39.8 Å². The van der Waals surface area contributed by atoms with Crippen LogP contribution in [0.15, 0.2) is 23.4 Å². The maximum absolute atomic E-state index is 13.5. The molecule has 7 nitrogen and oxygen atoms in total. The van der Waals surface area contributed by atoms with Gasteiger partial charge >= 0.3 is 5.97 Å². The van der Waals surface area contributed by atoms with Crippen LogP contribution in [0.1, 0.15) is 10.4 Å². The zero-order chi connectivity index (χ0) is 16.7. The number of benzene rings is 1. The quantitative estimate of drug-likeness (QED) is 0.665. The van der Waals surface area contributed by atoms with Crippen molar-refractivity contribution in [3.05, 3.63) is 34.8 Å². The van der Waals surface area contributed by atoms with Crippen molar-refractivity contribution >= 4 is 11.7 Å². The summed E-state index contributed by atoms with van der Waals surface area (Å²) in [5, 5.41) is 29.1. The number of nitrogens with one attached hydrogen (secondary N) is 1. The average molecular weight is 300 g/mol. The van der Waals surface area contributed by atoms with Gasteiger partial charge in [0.2, 0.25) is 0 Å². The number of carbonyl (C=O) groups is 1. The minimum atomic E-state index is -0.881. The van der Waals surface area contributed by atoms with Crippen LogP contribution in [-0.4, -0.2) is 20.2 Å². The van der Waals surface area contributed by atoms with E-state index in [-0.39, 0.29) is 17.0 Å². The molecule has 1 N–H and O–H groups in total. The number of rotatable bonds is 4. The van der Waals surface area contributed by atoms with Crippen LogP contribution in [0.4, 0.5) is 10.1 Å². The number of esters is 1. The molecule has 0 fully saturated rings. The summed E-state index contributed by atoms with van der Waals surface area (Å²) >= 11 is 0. The van der Waals surface area contributed by atoms with Gasteiger partial charge in [0.05, 0.1) is 25.5 Å². The number of allylic oxidation sites excluding steroid dienone is 2. The number of ether oxygens (including phenoxy) is 2. The van der Waals surface area contributed by atoms with Crippen LogP contribution in [0.5, 0.6) is 5.75 Å². The van der Waals surface area contributed by atoms with Crippen molar-refractivity contribution in [2.24, 2.45) is 0 Å². The Balaban J connectivity index is 3.57. The third-order valence-corrected chi connectivity index (χ3v) is 2.53. The van der Waals surface area contributed by atoms with Crippen LogP contribution in [-0.2, 0) is 4.74 Å². The number of carbonyl (C=O) groups excluding carboxylic acids is 1. The number of halogens is 1. The van der Waals surface area contributed by atoms with Crippen molar-refractivity contribution in [1.29, 1.82) is 15.8 Å². The summed E-state index contributed by atoms with van der Waals surface area (Å²) in [6.45, 7) is 0. The van der Waals surface area contributed by atoms with E-state index in [4.69, 9.17) is 20.5 Å². The van der Waals surface area contributed by atoms with E-state index in [9.17, 15) is 9.18 Å². The molecular weight excluding hydrogens is 291 g/mol. The Labute approximate surface area is 125 Å². The smallest absolute Gasteiger partial charge is 0.340 e. The van der Waals surface area contributed by atoms with E-state index in [0.29, 0.717) is 0 Å². The van der Waals surface area contributed by atoms with Crippen molar-refractivity contribution in [1.82, 2.24) is 0 Å². The van der Waals surface area contributed by atoms with E-state index in [1.165, 1.54) is 19.2 Å². The molecule has 0 amide bonds. The molecule has 0 saturated heterocycles. The fourth-order valence-electron chi connectivity index (χ4n) is 1.55. The lowest BCUT2D eigenvalue weighted by atomic mass is 10.1. The molecule has 0 radical (unpaired) electrons. The SMILES string of the molecule is COC(=O)c1cc(F)cc(OC)c1NC(C#N)=C(C#N)C#N. The first-order chi connectivity index (χ1) is 10.5. The Morgan fingerprint density at radius 1 is 1.18 bits per heavy atom. The first kappa shape index (κ1) is 16.5. The second-order valence-electron chi connectivity index (χ2n) is 3.73. The molecule has 22 heavy (non-hydrogen) atoms. The highest BCUT2D eigenvalue weighted by atomic mass is 19.1. The third kappa shape index (κ3) is 3.30. The number of nitrogens with zero attached hydrogens (tertiary/aromatic N) is 3. The van der Waals surface area contributed by atoms with Gasteiger partial charge in [-0.25, -0.2) is 9.18 Å². The molecule has 0 aliphatic rings. The van der Waals surface area contributed by atoms with E-state index >= 15 is 0 Å². The molecule has 1 aromatic rings. The molecule has 8 heteroatoms. The van der Waals surface area contributed by atoms with Crippen molar-refractivity contribution in [2.75, 3.05) is 19.5 Å². The highest BCUT2D eigenvalue weighted by Gasteiger charge is 2.20. The summed E-state index contributed by atoms with van der Waals surface area (Å²) in [5.41, 5.74) is -1.23. The standard InChI is InChI=1S/C14H9FN4O3/c1-21-12-4-9(15)3-10(14(20)22-2)13(12)19-11(7-18)8(5-16)6-17/h3-4,19H,1-2H3. The van der Waals surface area contributed by atoms with Crippen LogP contribution >= 0.6 is 0 Å². The van der Waals surface area contributed by atoms with E-state index in [1.54, 1.807) is 6.07 Å². The lowest BCUT2D eigenvalue weighted by Crippen LogP contribution is -2.11. The summed E-state index contributed by atoms with van der Waals surface area (Å²) < 4.78 is 23.0. The predicted octanol–water partition coefficient (Wildman–Crippen LogP) is 1.86. The lowest BCUT2D eigenvalue weighted by molar-refractivity contribution is 0.0601. The Bertz CT molecular complexity index is 750. The summed E-state index contributed by atoms with van der Waals surface area (Å²) in [4.78, 5) is 11.7. The molecule has 0 aromatic heterocycles. The Hall–Kier alpha value is -3.57. The Kier molecular flexibility index (Phi) is 5.45. The second kappa shape index (κ2) is 7.28. The molecule has 0 saturated carbocycles. The van der Waals surface area contributed by atoms with E-state index in [0.717, 1.165) is 19.2 Å². The van der Waals surface area contributed by atoms with Crippen LogP contribution in [0.25, 0.3) is 0 Å². The molecule has 0 heterocycles. The molecule has 0 atom stereocenters. The maximum Gasteiger partial charge on any atom is 0.340 e. The topological polar surface area (TPSA) is 119 Å². The van der Waals surface area contributed by atoms with Gasteiger partial charge in [0.1, 0.15) is 35.5 Å². The second-order valence-corrected chi connectivity index (χ2v) is 3.73. The van der Waals surface area contributed by atoms with Crippen molar-refractivity contribution in [2.45, 2.75) is 0 Å².